The predicted molar refractivity (Wildman–Crippen MR) is 175 cm³/mol. The highest BCUT2D eigenvalue weighted by Crippen LogP contribution is 2.39. The van der Waals surface area contributed by atoms with E-state index < -0.39 is 47.4 Å². The van der Waals surface area contributed by atoms with Crippen LogP contribution in [0.25, 0.3) is 0 Å². The molecule has 1 saturated heterocycles. The molecule has 2 aliphatic rings. The number of benzene rings is 4. The smallest absolute Gasteiger partial charge is 0.408 e. The maximum absolute atomic E-state index is 13.6. The van der Waals surface area contributed by atoms with Crippen molar-refractivity contribution in [3.8, 4) is 5.75 Å². The van der Waals surface area contributed by atoms with E-state index in [2.05, 4.69) is 10.6 Å². The van der Waals surface area contributed by atoms with Gasteiger partial charge in [0, 0.05) is 5.75 Å². The van der Waals surface area contributed by atoms with Gasteiger partial charge in [0.1, 0.15) is 35.5 Å². The molecule has 3 atom stereocenters. The number of hydrogen-bond acceptors (Lipinski definition) is 8. The van der Waals surface area contributed by atoms with Gasteiger partial charge in [0.15, 0.2) is 6.10 Å². The Kier molecular flexibility index (Phi) is 9.53. The van der Waals surface area contributed by atoms with Gasteiger partial charge in [-0.25, -0.2) is 9.59 Å². The number of carbonyl (C=O) groups excluding carboxylic acids is 4. The first-order chi connectivity index (χ1) is 22.9. The monoisotopic (exact) mass is 649 g/mol. The number of esters is 1. The normalized spacial score (nSPS) is 17.4. The van der Waals surface area contributed by atoms with Crippen LogP contribution in [0.2, 0.25) is 0 Å². The third kappa shape index (κ3) is 7.15. The Bertz CT molecular complexity index is 1730. The number of phenolic OH excluding ortho intramolecular Hbond substituents is 1. The standard InChI is InChI=1S/C36H31N3O7S/c40-27-18-16-24(17-19-27)29(38-36(44)45-22-23-10-4-1-5-11-23)32(41)37-30-33(42)39-28(20-21-47-34(30)39)35(43)46-31(25-12-6-2-7-13-25)26-14-8-3-9-15-26/h1-20,29-31,34,40H,21-22H2,(H,37,41)(H,38,44)/t29?,30?,34-/m0/s1. The molecule has 0 bridgehead atoms. The molecule has 2 unspecified atom stereocenters. The van der Waals surface area contributed by atoms with E-state index in [0.717, 1.165) is 16.7 Å². The summed E-state index contributed by atoms with van der Waals surface area (Å²) < 4.78 is 11.3. The number of aromatic hydroxyl groups is 1. The molecule has 4 aromatic carbocycles. The van der Waals surface area contributed by atoms with Crippen LogP contribution in [-0.2, 0) is 30.5 Å². The van der Waals surface area contributed by atoms with Gasteiger partial charge in [0.05, 0.1) is 0 Å². The summed E-state index contributed by atoms with van der Waals surface area (Å²) in [5, 5.41) is 14.5. The molecule has 2 heterocycles. The second-order valence-corrected chi connectivity index (χ2v) is 12.0. The van der Waals surface area contributed by atoms with Crippen LogP contribution in [0.4, 0.5) is 4.79 Å². The zero-order valence-electron chi connectivity index (χ0n) is 25.0. The molecular weight excluding hydrogens is 618 g/mol. The molecule has 2 aliphatic heterocycles. The lowest BCUT2D eigenvalue weighted by atomic mass is 10.0. The number of rotatable bonds is 10. The lowest BCUT2D eigenvalue weighted by Crippen LogP contribution is -2.70. The van der Waals surface area contributed by atoms with E-state index in [1.54, 1.807) is 18.2 Å². The van der Waals surface area contributed by atoms with E-state index in [1.807, 2.05) is 78.9 Å². The van der Waals surface area contributed by atoms with Crippen molar-refractivity contribution in [1.29, 1.82) is 0 Å². The number of hydrogen-bond donors (Lipinski definition) is 3. The van der Waals surface area contributed by atoms with E-state index in [0.29, 0.717) is 11.3 Å². The minimum absolute atomic E-state index is 0.00795. The minimum atomic E-state index is -1.23. The van der Waals surface area contributed by atoms with Crippen LogP contribution in [0.5, 0.6) is 5.75 Å². The second-order valence-electron chi connectivity index (χ2n) is 10.8. The SMILES string of the molecule is O=C(NC(C(=O)NC1C(=O)N2C(C(=O)OC(c3ccccc3)c3ccccc3)=CCS[C@@H]12)c1ccc(O)cc1)OCc1ccccc1. The van der Waals surface area contributed by atoms with Gasteiger partial charge < -0.3 is 25.2 Å². The Labute approximate surface area is 275 Å². The van der Waals surface area contributed by atoms with E-state index in [4.69, 9.17) is 9.47 Å². The van der Waals surface area contributed by atoms with Gasteiger partial charge in [-0.1, -0.05) is 103 Å². The quantitative estimate of drug-likeness (QED) is 0.162. The first-order valence-corrected chi connectivity index (χ1v) is 16.0. The van der Waals surface area contributed by atoms with Crippen molar-refractivity contribution in [3.63, 3.8) is 0 Å². The molecule has 0 spiro atoms. The summed E-state index contributed by atoms with van der Waals surface area (Å²) in [5.41, 5.74) is 2.81. The maximum atomic E-state index is 13.6. The Morgan fingerprint density at radius 1 is 0.830 bits per heavy atom. The number of thioether (sulfide) groups is 1. The third-order valence-corrected chi connectivity index (χ3v) is 8.93. The topological polar surface area (TPSA) is 134 Å². The van der Waals surface area contributed by atoms with Crippen molar-refractivity contribution in [1.82, 2.24) is 15.5 Å². The van der Waals surface area contributed by atoms with Gasteiger partial charge in [-0.3, -0.25) is 14.5 Å². The highest BCUT2D eigenvalue weighted by atomic mass is 32.2. The fourth-order valence-corrected chi connectivity index (χ4v) is 6.56. The largest absolute Gasteiger partial charge is 0.508 e. The number of nitrogens with zero attached hydrogens (tertiary/aromatic N) is 1. The summed E-state index contributed by atoms with van der Waals surface area (Å²) in [5.74, 6) is -1.39. The van der Waals surface area contributed by atoms with E-state index in [9.17, 15) is 24.3 Å². The fourth-order valence-electron chi connectivity index (χ4n) is 5.37. The fraction of sp³-hybridized carbons (Fsp3) is 0.167. The molecule has 6 rings (SSSR count). The van der Waals surface area contributed by atoms with Crippen LogP contribution < -0.4 is 10.6 Å². The maximum Gasteiger partial charge on any atom is 0.408 e. The molecule has 0 aromatic heterocycles. The number of nitrogens with one attached hydrogen (secondary N) is 2. The predicted octanol–water partition coefficient (Wildman–Crippen LogP) is 4.98. The third-order valence-electron chi connectivity index (χ3n) is 7.75. The Balaban J connectivity index is 1.14. The number of β-lactam (4-membered cyclic amide) rings is 1. The Morgan fingerprint density at radius 2 is 1.43 bits per heavy atom. The average molecular weight is 650 g/mol. The molecule has 47 heavy (non-hydrogen) atoms. The number of carbonyl (C=O) groups is 4. The van der Waals surface area contributed by atoms with Crippen molar-refractivity contribution in [2.24, 2.45) is 0 Å². The first kappa shape index (κ1) is 31.4. The molecule has 0 saturated carbocycles. The molecule has 4 aromatic rings. The number of fused-ring (bicyclic) bond motifs is 1. The van der Waals surface area contributed by atoms with Crippen LogP contribution in [0.1, 0.15) is 34.4 Å². The molecule has 3 amide bonds. The molecule has 1 fully saturated rings. The highest BCUT2D eigenvalue weighted by Gasteiger charge is 2.53. The summed E-state index contributed by atoms with van der Waals surface area (Å²) in [6.45, 7) is -0.00795. The number of phenols is 1. The van der Waals surface area contributed by atoms with Crippen molar-refractivity contribution in [3.05, 3.63) is 149 Å². The molecule has 238 valence electrons. The number of ether oxygens (including phenoxy) is 2. The van der Waals surface area contributed by atoms with Gasteiger partial charge in [-0.05, 0) is 40.5 Å². The van der Waals surface area contributed by atoms with Gasteiger partial charge in [-0.2, -0.15) is 0 Å². The Hall–Kier alpha value is -5.55. The van der Waals surface area contributed by atoms with Crippen molar-refractivity contribution >= 4 is 35.6 Å². The van der Waals surface area contributed by atoms with Gasteiger partial charge >= 0.3 is 12.1 Å². The van der Waals surface area contributed by atoms with E-state index in [-0.39, 0.29) is 18.1 Å². The summed E-state index contributed by atoms with van der Waals surface area (Å²) in [6, 6.07) is 31.3. The van der Waals surface area contributed by atoms with Crippen LogP contribution >= 0.6 is 11.8 Å². The van der Waals surface area contributed by atoms with Gasteiger partial charge in [-0.15, -0.1) is 11.8 Å². The molecule has 10 nitrogen and oxygen atoms in total. The summed E-state index contributed by atoms with van der Waals surface area (Å²) in [6.07, 6.45) is 0.121. The van der Waals surface area contributed by atoms with Crippen LogP contribution in [0.15, 0.2) is 127 Å². The first-order valence-electron chi connectivity index (χ1n) is 14.9. The lowest BCUT2D eigenvalue weighted by molar-refractivity contribution is -0.154. The summed E-state index contributed by atoms with van der Waals surface area (Å²) in [4.78, 5) is 54.7. The summed E-state index contributed by atoms with van der Waals surface area (Å²) in [7, 11) is 0. The molecule has 0 radical (unpaired) electrons. The second kappa shape index (κ2) is 14.3. The Morgan fingerprint density at radius 3 is 2.04 bits per heavy atom. The zero-order chi connectivity index (χ0) is 32.8. The van der Waals surface area contributed by atoms with E-state index in [1.165, 1.54) is 40.9 Å². The summed E-state index contributed by atoms with van der Waals surface area (Å²) >= 11 is 1.39. The van der Waals surface area contributed by atoms with Crippen LogP contribution in [0, 0.1) is 0 Å². The molecule has 11 heteroatoms. The van der Waals surface area contributed by atoms with Crippen molar-refractivity contribution in [2.45, 2.75) is 30.2 Å². The minimum Gasteiger partial charge on any atom is -0.508 e. The van der Waals surface area contributed by atoms with Gasteiger partial charge in [0.25, 0.3) is 5.91 Å². The highest BCUT2D eigenvalue weighted by molar-refractivity contribution is 8.00. The molecular formula is C36H31N3O7S. The number of alkyl carbamates (subject to hydrolysis) is 1. The van der Waals surface area contributed by atoms with Crippen molar-refractivity contribution < 1.29 is 33.8 Å². The van der Waals surface area contributed by atoms with Crippen molar-refractivity contribution in [2.75, 3.05) is 5.75 Å². The zero-order valence-corrected chi connectivity index (χ0v) is 25.8. The lowest BCUT2D eigenvalue weighted by Gasteiger charge is -2.48. The average Bonchev–Trinajstić information content (AvgIpc) is 3.12. The van der Waals surface area contributed by atoms with E-state index >= 15 is 0 Å². The molecule has 3 N–H and O–H groups in total. The van der Waals surface area contributed by atoms with Crippen LogP contribution in [-0.4, -0.2) is 51.1 Å². The molecule has 0 aliphatic carbocycles. The number of amides is 3. The van der Waals surface area contributed by atoms with Gasteiger partial charge in [0.2, 0.25) is 5.91 Å². The van der Waals surface area contributed by atoms with Crippen LogP contribution in [0.3, 0.4) is 0 Å².